The number of rotatable bonds is 4. The fourth-order valence-electron chi connectivity index (χ4n) is 2.30. The van der Waals surface area contributed by atoms with Gasteiger partial charge in [-0.2, -0.15) is 0 Å². The third kappa shape index (κ3) is 2.79. The van der Waals surface area contributed by atoms with Gasteiger partial charge in [-0.05, 0) is 31.2 Å². The summed E-state index contributed by atoms with van der Waals surface area (Å²) < 4.78 is 5.52. The maximum absolute atomic E-state index is 11.2. The molecule has 1 aliphatic rings. The van der Waals surface area contributed by atoms with Gasteiger partial charge >= 0.3 is 0 Å². The van der Waals surface area contributed by atoms with E-state index in [4.69, 9.17) is 22.1 Å². The first kappa shape index (κ1) is 12.4. The van der Waals surface area contributed by atoms with E-state index in [0.717, 1.165) is 12.8 Å². The van der Waals surface area contributed by atoms with Crippen LogP contribution in [0.4, 0.5) is 0 Å². The molecule has 1 heterocycles. The molecule has 0 bridgehead atoms. The van der Waals surface area contributed by atoms with Gasteiger partial charge in [-0.25, -0.2) is 4.98 Å². The maximum atomic E-state index is 11.2. The Morgan fingerprint density at radius 1 is 1.53 bits per heavy atom. The molecule has 0 spiro atoms. The highest BCUT2D eigenvalue weighted by atomic mass is 35.5. The van der Waals surface area contributed by atoms with Crippen LogP contribution < -0.4 is 16.0 Å². The van der Waals surface area contributed by atoms with E-state index in [1.54, 1.807) is 0 Å². The molecular formula is C11H16ClN3O2. The molecular weight excluding hydrogens is 242 g/mol. The highest BCUT2D eigenvalue weighted by Gasteiger charge is 2.26. The van der Waals surface area contributed by atoms with Crippen molar-refractivity contribution in [2.75, 3.05) is 13.2 Å². The molecule has 1 aromatic heterocycles. The minimum atomic E-state index is -0.376. The number of ether oxygens (including phenoxy) is 1. The average molecular weight is 258 g/mol. The van der Waals surface area contributed by atoms with E-state index in [-0.39, 0.29) is 16.5 Å². The summed E-state index contributed by atoms with van der Waals surface area (Å²) in [5, 5.41) is 0.00907. The van der Waals surface area contributed by atoms with Crippen molar-refractivity contribution in [3.63, 3.8) is 0 Å². The predicted octanol–water partition coefficient (Wildman–Crippen LogP) is 1.18. The van der Waals surface area contributed by atoms with E-state index in [1.807, 2.05) is 0 Å². The Morgan fingerprint density at radius 2 is 2.29 bits per heavy atom. The number of hydrogen-bond donors (Lipinski definition) is 2. The van der Waals surface area contributed by atoms with E-state index in [1.165, 1.54) is 12.7 Å². The molecule has 1 aromatic rings. The normalized spacial score (nSPS) is 23.9. The molecule has 0 aromatic carbocycles. The maximum Gasteiger partial charge on any atom is 0.273 e. The second-order valence-corrected chi connectivity index (χ2v) is 4.73. The van der Waals surface area contributed by atoms with Gasteiger partial charge in [0.05, 0.1) is 12.9 Å². The van der Waals surface area contributed by atoms with Gasteiger partial charge in [0.15, 0.2) is 5.02 Å². The Balaban J connectivity index is 1.98. The summed E-state index contributed by atoms with van der Waals surface area (Å²) in [6.07, 6.45) is 4.74. The van der Waals surface area contributed by atoms with Crippen molar-refractivity contribution in [2.24, 2.45) is 17.6 Å². The molecule has 6 heteroatoms. The molecule has 0 radical (unpaired) electrons. The molecule has 2 rings (SSSR count). The van der Waals surface area contributed by atoms with Crippen molar-refractivity contribution < 1.29 is 4.74 Å². The molecule has 2 atom stereocenters. The third-order valence-corrected chi connectivity index (χ3v) is 3.65. The number of nitrogens with zero attached hydrogens (tertiary/aromatic N) is 1. The van der Waals surface area contributed by atoms with Crippen LogP contribution in [-0.2, 0) is 0 Å². The zero-order chi connectivity index (χ0) is 12.3. The number of aromatic nitrogens is 2. The Bertz CT molecular complexity index is 435. The van der Waals surface area contributed by atoms with Gasteiger partial charge in [-0.15, -0.1) is 0 Å². The van der Waals surface area contributed by atoms with Crippen LogP contribution in [0, 0.1) is 11.8 Å². The lowest BCUT2D eigenvalue weighted by molar-refractivity contribution is 0.210. The lowest BCUT2D eigenvalue weighted by atomic mass is 9.97. The summed E-state index contributed by atoms with van der Waals surface area (Å²) in [6, 6.07) is 0. The SMILES string of the molecule is NCC1CCCC1COc1nc[nH]c(=O)c1Cl. The van der Waals surface area contributed by atoms with Crippen molar-refractivity contribution >= 4 is 11.6 Å². The van der Waals surface area contributed by atoms with Gasteiger partial charge in [0.1, 0.15) is 0 Å². The minimum Gasteiger partial charge on any atom is -0.476 e. The summed E-state index contributed by atoms with van der Waals surface area (Å²) in [5.41, 5.74) is 5.32. The molecule has 0 aliphatic heterocycles. The Morgan fingerprint density at radius 3 is 3.06 bits per heavy atom. The smallest absolute Gasteiger partial charge is 0.273 e. The predicted molar refractivity (Wildman–Crippen MR) is 65.2 cm³/mol. The van der Waals surface area contributed by atoms with E-state index in [9.17, 15) is 4.79 Å². The van der Waals surface area contributed by atoms with Crippen molar-refractivity contribution in [1.29, 1.82) is 0 Å². The monoisotopic (exact) mass is 257 g/mol. The van der Waals surface area contributed by atoms with Crippen molar-refractivity contribution in [1.82, 2.24) is 9.97 Å². The van der Waals surface area contributed by atoms with Gasteiger partial charge in [0.2, 0.25) is 5.88 Å². The zero-order valence-corrected chi connectivity index (χ0v) is 10.2. The van der Waals surface area contributed by atoms with Gasteiger partial charge < -0.3 is 15.5 Å². The molecule has 0 amide bonds. The molecule has 5 nitrogen and oxygen atoms in total. The summed E-state index contributed by atoms with van der Waals surface area (Å²) in [4.78, 5) is 17.5. The van der Waals surface area contributed by atoms with Crippen LogP contribution in [0.2, 0.25) is 5.02 Å². The zero-order valence-electron chi connectivity index (χ0n) is 9.49. The topological polar surface area (TPSA) is 81.0 Å². The minimum absolute atomic E-state index is 0.00907. The number of hydrogen-bond acceptors (Lipinski definition) is 4. The Hall–Kier alpha value is -1.07. The average Bonchev–Trinajstić information content (AvgIpc) is 2.78. The summed E-state index contributed by atoms with van der Waals surface area (Å²) >= 11 is 5.79. The molecule has 1 saturated carbocycles. The molecule has 1 fully saturated rings. The lowest BCUT2D eigenvalue weighted by Crippen LogP contribution is -2.24. The summed E-state index contributed by atoms with van der Waals surface area (Å²) in [5.74, 6) is 1.16. The van der Waals surface area contributed by atoms with Crippen molar-refractivity contribution in [2.45, 2.75) is 19.3 Å². The Labute approximate surface area is 104 Å². The van der Waals surface area contributed by atoms with E-state index in [2.05, 4.69) is 9.97 Å². The number of H-pyrrole nitrogens is 1. The van der Waals surface area contributed by atoms with Crippen LogP contribution in [0.15, 0.2) is 11.1 Å². The summed E-state index contributed by atoms with van der Waals surface area (Å²) in [6.45, 7) is 1.21. The van der Waals surface area contributed by atoms with E-state index < -0.39 is 0 Å². The fourth-order valence-corrected chi connectivity index (χ4v) is 2.45. The third-order valence-electron chi connectivity index (χ3n) is 3.32. The second-order valence-electron chi connectivity index (χ2n) is 4.35. The molecule has 3 N–H and O–H groups in total. The number of halogens is 1. The lowest BCUT2D eigenvalue weighted by Gasteiger charge is -2.17. The van der Waals surface area contributed by atoms with Crippen LogP contribution in [0.1, 0.15) is 19.3 Å². The first-order chi connectivity index (χ1) is 8.22. The standard InChI is InChI=1S/C11H16ClN3O2/c12-9-10(16)14-6-15-11(9)17-5-8-3-1-2-7(8)4-13/h6-8H,1-5,13H2,(H,14,15,16). The van der Waals surface area contributed by atoms with Gasteiger partial charge in [0, 0.05) is 0 Å². The largest absolute Gasteiger partial charge is 0.476 e. The summed E-state index contributed by atoms with van der Waals surface area (Å²) in [7, 11) is 0. The van der Waals surface area contributed by atoms with Crippen molar-refractivity contribution in [3.05, 3.63) is 21.7 Å². The van der Waals surface area contributed by atoms with E-state index >= 15 is 0 Å². The second kappa shape index (κ2) is 5.51. The molecule has 17 heavy (non-hydrogen) atoms. The van der Waals surface area contributed by atoms with Crippen molar-refractivity contribution in [3.8, 4) is 5.88 Å². The number of aromatic amines is 1. The fraction of sp³-hybridized carbons (Fsp3) is 0.636. The highest BCUT2D eigenvalue weighted by Crippen LogP contribution is 2.31. The highest BCUT2D eigenvalue weighted by molar-refractivity contribution is 6.31. The molecule has 94 valence electrons. The van der Waals surface area contributed by atoms with E-state index in [0.29, 0.717) is 25.0 Å². The van der Waals surface area contributed by atoms with Gasteiger partial charge in [-0.3, -0.25) is 4.79 Å². The molecule has 2 unspecified atom stereocenters. The first-order valence-corrected chi connectivity index (χ1v) is 6.16. The molecule has 0 saturated heterocycles. The number of nitrogens with two attached hydrogens (primary N) is 1. The van der Waals surface area contributed by atoms with Crippen LogP contribution in [0.5, 0.6) is 5.88 Å². The van der Waals surface area contributed by atoms with Crippen LogP contribution in [0.25, 0.3) is 0 Å². The first-order valence-electron chi connectivity index (χ1n) is 5.78. The number of nitrogens with one attached hydrogen (secondary N) is 1. The molecule has 1 aliphatic carbocycles. The van der Waals surface area contributed by atoms with Crippen LogP contribution >= 0.6 is 11.6 Å². The van der Waals surface area contributed by atoms with Gasteiger partial charge in [-0.1, -0.05) is 18.0 Å². The Kier molecular flexibility index (Phi) is 4.02. The van der Waals surface area contributed by atoms with Crippen LogP contribution in [0.3, 0.4) is 0 Å². The van der Waals surface area contributed by atoms with Crippen LogP contribution in [-0.4, -0.2) is 23.1 Å². The van der Waals surface area contributed by atoms with Gasteiger partial charge in [0.25, 0.3) is 5.56 Å². The quantitative estimate of drug-likeness (QED) is 0.849.